The van der Waals surface area contributed by atoms with Crippen molar-refractivity contribution >= 4 is 0 Å². The van der Waals surface area contributed by atoms with E-state index >= 15 is 0 Å². The van der Waals surface area contributed by atoms with Crippen LogP contribution >= 0.6 is 0 Å². The molecule has 0 saturated heterocycles. The number of hydrogen-bond acceptors (Lipinski definition) is 1. The van der Waals surface area contributed by atoms with Crippen molar-refractivity contribution in [3.63, 3.8) is 0 Å². The molecule has 1 atom stereocenters. The average molecular weight is 188 g/mol. The first-order valence-corrected chi connectivity index (χ1v) is 5.23. The van der Waals surface area contributed by atoms with Crippen molar-refractivity contribution in [1.29, 1.82) is 0 Å². The summed E-state index contributed by atoms with van der Waals surface area (Å²) in [6.45, 7) is 6.90. The Bertz CT molecular complexity index is 341. The summed E-state index contributed by atoms with van der Waals surface area (Å²) in [4.78, 5) is 0. The summed E-state index contributed by atoms with van der Waals surface area (Å²) < 4.78 is 5.47. The number of fused-ring (bicyclic) bond motifs is 1. The summed E-state index contributed by atoms with van der Waals surface area (Å²) in [5.41, 5.74) is 2.72. The van der Waals surface area contributed by atoms with Gasteiger partial charge in [-0.2, -0.15) is 0 Å². The molecule has 0 saturated carbocycles. The number of allylic oxidation sites excluding steroid dienone is 1. The van der Waals surface area contributed by atoms with E-state index in [1.54, 1.807) is 0 Å². The lowest BCUT2D eigenvalue weighted by atomic mass is 9.94. The molecular formula is C13H16O. The fourth-order valence-corrected chi connectivity index (χ4v) is 1.98. The molecule has 0 bridgehead atoms. The SMILES string of the molecule is C=CC(CC)c1ccc2c(c1)CCO2. The summed E-state index contributed by atoms with van der Waals surface area (Å²) in [5.74, 6) is 1.55. The van der Waals surface area contributed by atoms with Gasteiger partial charge in [-0.3, -0.25) is 0 Å². The standard InChI is InChI=1S/C13H16O/c1-3-10(4-2)11-5-6-13-12(9-11)7-8-14-13/h3,5-6,9-10H,1,4,7-8H2,2H3. The van der Waals surface area contributed by atoms with Crippen LogP contribution in [0, 0.1) is 0 Å². The second kappa shape index (κ2) is 3.87. The fourth-order valence-electron chi connectivity index (χ4n) is 1.98. The average Bonchev–Trinajstić information content (AvgIpc) is 2.66. The van der Waals surface area contributed by atoms with Crippen LogP contribution in [0.4, 0.5) is 0 Å². The first kappa shape index (κ1) is 9.32. The smallest absolute Gasteiger partial charge is 0.122 e. The molecule has 1 aliphatic heterocycles. The van der Waals surface area contributed by atoms with E-state index in [1.807, 2.05) is 6.08 Å². The molecule has 0 radical (unpaired) electrons. The van der Waals surface area contributed by atoms with Crippen LogP contribution in [0.15, 0.2) is 30.9 Å². The summed E-state index contributed by atoms with van der Waals surface area (Å²) in [6.07, 6.45) is 4.19. The highest BCUT2D eigenvalue weighted by Crippen LogP contribution is 2.30. The molecule has 0 fully saturated rings. The molecule has 14 heavy (non-hydrogen) atoms. The van der Waals surface area contributed by atoms with E-state index in [1.165, 1.54) is 11.1 Å². The van der Waals surface area contributed by atoms with E-state index in [2.05, 4.69) is 31.7 Å². The Kier molecular flexibility index (Phi) is 2.58. The minimum Gasteiger partial charge on any atom is -0.493 e. The van der Waals surface area contributed by atoms with E-state index in [9.17, 15) is 0 Å². The van der Waals surface area contributed by atoms with Gasteiger partial charge in [0.1, 0.15) is 5.75 Å². The minimum atomic E-state index is 0.487. The van der Waals surface area contributed by atoms with E-state index < -0.39 is 0 Å². The highest BCUT2D eigenvalue weighted by Gasteiger charge is 2.14. The molecular weight excluding hydrogens is 172 g/mol. The zero-order chi connectivity index (χ0) is 9.97. The molecule has 1 heteroatoms. The van der Waals surface area contributed by atoms with Crippen molar-refractivity contribution in [3.05, 3.63) is 42.0 Å². The Morgan fingerprint density at radius 1 is 1.57 bits per heavy atom. The largest absolute Gasteiger partial charge is 0.493 e. The predicted octanol–water partition coefficient (Wildman–Crippen LogP) is 3.30. The van der Waals surface area contributed by atoms with Crippen molar-refractivity contribution < 1.29 is 4.74 Å². The fraction of sp³-hybridized carbons (Fsp3) is 0.385. The molecule has 0 spiro atoms. The van der Waals surface area contributed by atoms with Gasteiger partial charge in [-0.15, -0.1) is 6.58 Å². The van der Waals surface area contributed by atoms with Gasteiger partial charge in [0, 0.05) is 12.3 Å². The molecule has 1 unspecified atom stereocenters. The zero-order valence-electron chi connectivity index (χ0n) is 8.62. The Labute approximate surface area is 85.4 Å². The van der Waals surface area contributed by atoms with Gasteiger partial charge in [0.25, 0.3) is 0 Å². The molecule has 0 amide bonds. The molecule has 1 aromatic rings. The Morgan fingerprint density at radius 3 is 3.14 bits per heavy atom. The molecule has 0 aliphatic carbocycles. The lowest BCUT2D eigenvalue weighted by molar-refractivity contribution is 0.357. The van der Waals surface area contributed by atoms with Gasteiger partial charge < -0.3 is 4.74 Å². The Morgan fingerprint density at radius 2 is 2.43 bits per heavy atom. The highest BCUT2D eigenvalue weighted by molar-refractivity contribution is 5.41. The Balaban J connectivity index is 2.32. The maximum Gasteiger partial charge on any atom is 0.122 e. The van der Waals surface area contributed by atoms with Crippen LogP contribution in [0.3, 0.4) is 0 Å². The third-order valence-electron chi connectivity index (χ3n) is 2.87. The van der Waals surface area contributed by atoms with Crippen LogP contribution in [0.1, 0.15) is 30.4 Å². The predicted molar refractivity (Wildman–Crippen MR) is 58.9 cm³/mol. The van der Waals surface area contributed by atoms with Crippen LogP contribution in [0.2, 0.25) is 0 Å². The summed E-state index contributed by atoms with van der Waals surface area (Å²) in [6, 6.07) is 6.50. The molecule has 1 nitrogen and oxygen atoms in total. The van der Waals surface area contributed by atoms with Crippen molar-refractivity contribution in [2.75, 3.05) is 6.61 Å². The first-order chi connectivity index (χ1) is 6.85. The minimum absolute atomic E-state index is 0.487. The maximum atomic E-state index is 5.47. The van der Waals surface area contributed by atoms with Gasteiger partial charge >= 0.3 is 0 Å². The Hall–Kier alpha value is -1.24. The lowest BCUT2D eigenvalue weighted by Gasteiger charge is -2.11. The summed E-state index contributed by atoms with van der Waals surface area (Å²) >= 11 is 0. The van der Waals surface area contributed by atoms with Crippen molar-refractivity contribution in [2.24, 2.45) is 0 Å². The molecule has 0 N–H and O–H groups in total. The quantitative estimate of drug-likeness (QED) is 0.661. The molecule has 74 valence electrons. The molecule has 1 heterocycles. The van der Waals surface area contributed by atoms with E-state index in [0.717, 1.165) is 25.2 Å². The molecule has 0 aromatic heterocycles. The normalized spacial score (nSPS) is 15.8. The van der Waals surface area contributed by atoms with Gasteiger partial charge in [-0.05, 0) is 23.6 Å². The number of rotatable bonds is 3. The van der Waals surface area contributed by atoms with Crippen molar-refractivity contribution in [1.82, 2.24) is 0 Å². The summed E-state index contributed by atoms with van der Waals surface area (Å²) in [5, 5.41) is 0. The zero-order valence-corrected chi connectivity index (χ0v) is 8.62. The van der Waals surface area contributed by atoms with Gasteiger partial charge in [0.05, 0.1) is 6.61 Å². The van der Waals surface area contributed by atoms with E-state index in [4.69, 9.17) is 4.74 Å². The van der Waals surface area contributed by atoms with Crippen LogP contribution in [-0.4, -0.2) is 6.61 Å². The third kappa shape index (κ3) is 1.54. The van der Waals surface area contributed by atoms with Gasteiger partial charge in [0.15, 0.2) is 0 Å². The second-order valence-electron chi connectivity index (χ2n) is 3.72. The molecule has 2 rings (SSSR count). The monoisotopic (exact) mass is 188 g/mol. The maximum absolute atomic E-state index is 5.47. The third-order valence-corrected chi connectivity index (χ3v) is 2.87. The van der Waals surface area contributed by atoms with Crippen LogP contribution in [-0.2, 0) is 6.42 Å². The lowest BCUT2D eigenvalue weighted by Crippen LogP contribution is -1.93. The van der Waals surface area contributed by atoms with Crippen molar-refractivity contribution in [2.45, 2.75) is 25.7 Å². The van der Waals surface area contributed by atoms with E-state index in [-0.39, 0.29) is 0 Å². The second-order valence-corrected chi connectivity index (χ2v) is 3.72. The highest BCUT2D eigenvalue weighted by atomic mass is 16.5. The van der Waals surface area contributed by atoms with Crippen molar-refractivity contribution in [3.8, 4) is 5.75 Å². The number of ether oxygens (including phenoxy) is 1. The van der Waals surface area contributed by atoms with Crippen LogP contribution in [0.25, 0.3) is 0 Å². The van der Waals surface area contributed by atoms with Gasteiger partial charge in [0.2, 0.25) is 0 Å². The number of benzene rings is 1. The number of hydrogen-bond donors (Lipinski definition) is 0. The summed E-state index contributed by atoms with van der Waals surface area (Å²) in [7, 11) is 0. The van der Waals surface area contributed by atoms with E-state index in [0.29, 0.717) is 5.92 Å². The topological polar surface area (TPSA) is 9.23 Å². The van der Waals surface area contributed by atoms with Crippen LogP contribution in [0.5, 0.6) is 5.75 Å². The molecule has 1 aromatic carbocycles. The van der Waals surface area contributed by atoms with Gasteiger partial charge in [-0.1, -0.05) is 25.1 Å². The molecule has 1 aliphatic rings. The van der Waals surface area contributed by atoms with Crippen LogP contribution < -0.4 is 4.74 Å². The van der Waals surface area contributed by atoms with Gasteiger partial charge in [-0.25, -0.2) is 0 Å². The first-order valence-electron chi connectivity index (χ1n) is 5.23.